The fraction of sp³-hybridized carbons (Fsp3) is 0.400. The SMILES string of the molecule is CC(=O)N(C(=O)[C@@H](N)CC(Cc1ccccc1)C(=O)OC(=O)[C@@H](N)C(Cc1ccccc1)C(=O)O)[C@H](C(=O)O)C(C)C. The number of ether oxygens (including phenoxy) is 1. The van der Waals surface area contributed by atoms with Crippen LogP contribution in [0, 0.1) is 17.8 Å². The number of amides is 2. The number of carbonyl (C=O) groups is 6. The maximum absolute atomic E-state index is 13.2. The van der Waals surface area contributed by atoms with Crippen LogP contribution in [-0.4, -0.2) is 68.9 Å². The highest BCUT2D eigenvalue weighted by Gasteiger charge is 2.40. The number of benzene rings is 2. The molecule has 0 spiro atoms. The van der Waals surface area contributed by atoms with Crippen molar-refractivity contribution in [2.45, 2.75) is 58.2 Å². The molecule has 0 aliphatic heterocycles. The van der Waals surface area contributed by atoms with Crippen LogP contribution in [0.3, 0.4) is 0 Å². The summed E-state index contributed by atoms with van der Waals surface area (Å²) in [6, 6.07) is 12.4. The van der Waals surface area contributed by atoms with Gasteiger partial charge in [-0.3, -0.25) is 24.1 Å². The van der Waals surface area contributed by atoms with E-state index in [1.165, 1.54) is 13.8 Å². The van der Waals surface area contributed by atoms with Crippen molar-refractivity contribution < 1.29 is 43.7 Å². The molecule has 5 atom stereocenters. The van der Waals surface area contributed by atoms with Crippen molar-refractivity contribution in [1.82, 2.24) is 4.90 Å². The fourth-order valence-electron chi connectivity index (χ4n) is 4.58. The Morgan fingerprint density at radius 1 is 0.786 bits per heavy atom. The van der Waals surface area contributed by atoms with Crippen LogP contribution in [0.15, 0.2) is 60.7 Å². The van der Waals surface area contributed by atoms with Gasteiger partial charge in [-0.25, -0.2) is 9.59 Å². The van der Waals surface area contributed by atoms with Crippen molar-refractivity contribution in [2.75, 3.05) is 0 Å². The molecule has 12 heteroatoms. The Hall–Kier alpha value is -4.42. The van der Waals surface area contributed by atoms with Crippen LogP contribution in [0.2, 0.25) is 0 Å². The maximum Gasteiger partial charge on any atom is 0.331 e. The van der Waals surface area contributed by atoms with E-state index < -0.39 is 78.0 Å². The molecule has 0 bridgehead atoms. The Morgan fingerprint density at radius 3 is 1.71 bits per heavy atom. The van der Waals surface area contributed by atoms with Crippen LogP contribution >= 0.6 is 0 Å². The van der Waals surface area contributed by atoms with Crippen molar-refractivity contribution in [3.05, 3.63) is 71.8 Å². The summed E-state index contributed by atoms with van der Waals surface area (Å²) in [5.74, 6) is -10.2. The van der Waals surface area contributed by atoms with Gasteiger partial charge in [0.25, 0.3) is 0 Å². The van der Waals surface area contributed by atoms with E-state index >= 15 is 0 Å². The zero-order valence-electron chi connectivity index (χ0n) is 23.7. The molecule has 0 heterocycles. The minimum absolute atomic E-state index is 0.0256. The van der Waals surface area contributed by atoms with Crippen LogP contribution in [0.5, 0.6) is 0 Å². The van der Waals surface area contributed by atoms with Gasteiger partial charge in [0.15, 0.2) is 0 Å². The second-order valence-corrected chi connectivity index (χ2v) is 10.4. The van der Waals surface area contributed by atoms with Gasteiger partial charge in [0.2, 0.25) is 11.8 Å². The summed E-state index contributed by atoms with van der Waals surface area (Å²) in [4.78, 5) is 75.9. The number of carbonyl (C=O) groups excluding carboxylic acids is 4. The molecule has 2 amide bonds. The number of hydrogen-bond donors (Lipinski definition) is 4. The number of rotatable bonds is 14. The molecule has 2 rings (SSSR count). The average Bonchev–Trinajstić information content (AvgIpc) is 2.93. The largest absolute Gasteiger partial charge is 0.481 e. The molecule has 2 unspecified atom stereocenters. The fourth-order valence-corrected chi connectivity index (χ4v) is 4.58. The first-order valence-corrected chi connectivity index (χ1v) is 13.4. The van der Waals surface area contributed by atoms with Gasteiger partial charge in [0.1, 0.15) is 12.1 Å². The molecule has 42 heavy (non-hydrogen) atoms. The molecule has 2 aromatic carbocycles. The van der Waals surface area contributed by atoms with Gasteiger partial charge in [-0.05, 0) is 36.3 Å². The highest BCUT2D eigenvalue weighted by molar-refractivity contribution is 6.01. The third-order valence-electron chi connectivity index (χ3n) is 6.78. The van der Waals surface area contributed by atoms with Crippen molar-refractivity contribution in [2.24, 2.45) is 29.2 Å². The molecular weight excluding hydrogens is 546 g/mol. The Morgan fingerprint density at radius 2 is 1.29 bits per heavy atom. The summed E-state index contributed by atoms with van der Waals surface area (Å²) >= 11 is 0. The molecular formula is C30H37N3O9. The zero-order valence-corrected chi connectivity index (χ0v) is 23.7. The summed E-state index contributed by atoms with van der Waals surface area (Å²) in [6.07, 6.45) is -0.521. The van der Waals surface area contributed by atoms with Gasteiger partial charge >= 0.3 is 23.9 Å². The van der Waals surface area contributed by atoms with E-state index in [2.05, 4.69) is 0 Å². The Kier molecular flexibility index (Phi) is 12.5. The molecule has 226 valence electrons. The number of nitrogens with zero attached hydrogens (tertiary/aromatic N) is 1. The predicted molar refractivity (Wildman–Crippen MR) is 150 cm³/mol. The summed E-state index contributed by atoms with van der Waals surface area (Å²) in [7, 11) is 0. The highest BCUT2D eigenvalue weighted by atomic mass is 16.6. The topological polar surface area (TPSA) is 207 Å². The highest BCUT2D eigenvalue weighted by Crippen LogP contribution is 2.21. The van der Waals surface area contributed by atoms with Crippen molar-refractivity contribution >= 4 is 35.7 Å². The number of hydrogen-bond acceptors (Lipinski definition) is 9. The third kappa shape index (κ3) is 9.32. The van der Waals surface area contributed by atoms with Crippen LogP contribution in [0.1, 0.15) is 38.3 Å². The molecule has 6 N–H and O–H groups in total. The quantitative estimate of drug-likeness (QED) is 0.184. The van der Waals surface area contributed by atoms with Crippen LogP contribution in [0.25, 0.3) is 0 Å². The number of carboxylic acid groups (broad SMARTS) is 2. The van der Waals surface area contributed by atoms with Crippen molar-refractivity contribution in [3.63, 3.8) is 0 Å². The monoisotopic (exact) mass is 583 g/mol. The van der Waals surface area contributed by atoms with E-state index in [4.69, 9.17) is 16.2 Å². The van der Waals surface area contributed by atoms with E-state index in [9.17, 15) is 39.0 Å². The molecule has 12 nitrogen and oxygen atoms in total. The zero-order chi connectivity index (χ0) is 31.6. The first kappa shape index (κ1) is 33.8. The number of carboxylic acids is 2. The molecule has 0 radical (unpaired) electrons. The van der Waals surface area contributed by atoms with E-state index in [0.717, 1.165) is 6.92 Å². The van der Waals surface area contributed by atoms with E-state index in [-0.39, 0.29) is 12.8 Å². The summed E-state index contributed by atoms with van der Waals surface area (Å²) in [5, 5.41) is 19.3. The summed E-state index contributed by atoms with van der Waals surface area (Å²) in [6.45, 7) is 4.09. The Bertz CT molecular complexity index is 1270. The van der Waals surface area contributed by atoms with Gasteiger partial charge in [-0.1, -0.05) is 74.5 Å². The lowest BCUT2D eigenvalue weighted by Gasteiger charge is -2.31. The molecule has 0 aliphatic carbocycles. The van der Waals surface area contributed by atoms with Crippen LogP contribution in [-0.2, 0) is 46.3 Å². The van der Waals surface area contributed by atoms with Gasteiger partial charge in [-0.2, -0.15) is 0 Å². The average molecular weight is 584 g/mol. The number of nitrogens with two attached hydrogens (primary N) is 2. The third-order valence-corrected chi connectivity index (χ3v) is 6.78. The van der Waals surface area contributed by atoms with E-state index in [1.807, 2.05) is 0 Å². The number of aliphatic carboxylic acids is 2. The Labute approximate surface area is 243 Å². The standard InChI is InChI=1S/C30H37N3O9/c1-17(2)25(28(38)39)33(18(3)34)26(35)23(31)16-21(14-19-10-6-4-7-11-19)29(40)42-30(41)24(32)22(27(36)37)15-20-12-8-5-9-13-20/h4-13,17,21-25H,14-16,31-32H2,1-3H3,(H,36,37)(H,38,39)/t21?,22?,23-,24-,25-/m0/s1. The minimum Gasteiger partial charge on any atom is -0.481 e. The minimum atomic E-state index is -1.69. The maximum atomic E-state index is 13.2. The summed E-state index contributed by atoms with van der Waals surface area (Å²) < 4.78 is 5.02. The van der Waals surface area contributed by atoms with E-state index in [0.29, 0.717) is 16.0 Å². The van der Waals surface area contributed by atoms with Crippen LogP contribution in [0.4, 0.5) is 0 Å². The summed E-state index contributed by atoms with van der Waals surface area (Å²) in [5.41, 5.74) is 13.3. The predicted octanol–water partition coefficient (Wildman–Crippen LogP) is 1.39. The molecule has 0 saturated heterocycles. The number of esters is 2. The van der Waals surface area contributed by atoms with Gasteiger partial charge in [-0.15, -0.1) is 0 Å². The van der Waals surface area contributed by atoms with E-state index in [1.54, 1.807) is 60.7 Å². The lowest BCUT2D eigenvalue weighted by Crippen LogP contribution is -2.56. The molecule has 0 saturated carbocycles. The lowest BCUT2D eigenvalue weighted by molar-refractivity contribution is -0.167. The normalized spacial score (nSPS) is 14.6. The van der Waals surface area contributed by atoms with Crippen molar-refractivity contribution in [3.8, 4) is 0 Å². The Balaban J connectivity index is 2.28. The lowest BCUT2D eigenvalue weighted by atomic mass is 9.91. The number of imide groups is 1. The van der Waals surface area contributed by atoms with Gasteiger partial charge in [0, 0.05) is 6.92 Å². The molecule has 0 fully saturated rings. The first-order chi connectivity index (χ1) is 19.7. The first-order valence-electron chi connectivity index (χ1n) is 13.4. The van der Waals surface area contributed by atoms with Gasteiger partial charge < -0.3 is 26.4 Å². The van der Waals surface area contributed by atoms with Gasteiger partial charge in [0.05, 0.1) is 17.9 Å². The second kappa shape index (κ2) is 15.5. The molecule has 0 aromatic heterocycles. The van der Waals surface area contributed by atoms with Crippen molar-refractivity contribution in [1.29, 1.82) is 0 Å². The molecule has 2 aromatic rings. The second-order valence-electron chi connectivity index (χ2n) is 10.4. The smallest absolute Gasteiger partial charge is 0.331 e. The van der Waals surface area contributed by atoms with Crippen LogP contribution < -0.4 is 11.5 Å². The molecule has 0 aliphatic rings.